The Hall–Kier alpha value is -2.91. The number of benzene rings is 2. The Labute approximate surface area is 195 Å². The lowest BCUT2D eigenvalue weighted by Gasteiger charge is -2.35. The second-order valence-electron chi connectivity index (χ2n) is 10.1. The number of anilines is 2. The minimum Gasteiger partial charge on any atom is -0.444 e. The van der Waals surface area contributed by atoms with Crippen molar-refractivity contribution in [2.45, 2.75) is 70.0 Å². The van der Waals surface area contributed by atoms with Crippen LogP contribution >= 0.6 is 0 Å². The van der Waals surface area contributed by atoms with E-state index in [4.69, 9.17) is 4.74 Å². The van der Waals surface area contributed by atoms with Crippen molar-refractivity contribution in [1.82, 2.24) is 10.0 Å². The Morgan fingerprint density at radius 3 is 2.18 bits per heavy atom. The molecule has 33 heavy (non-hydrogen) atoms. The van der Waals surface area contributed by atoms with Crippen LogP contribution in [0.3, 0.4) is 0 Å². The minimum atomic E-state index is -3.71. The largest absolute Gasteiger partial charge is 0.444 e. The molecule has 1 aliphatic heterocycles. The van der Waals surface area contributed by atoms with Crippen molar-refractivity contribution in [3.05, 3.63) is 54.1 Å². The number of nitrogens with one attached hydrogen (secondary N) is 2. The monoisotopic (exact) mass is 473 g/mol. The summed E-state index contributed by atoms with van der Waals surface area (Å²) >= 11 is 0. The van der Waals surface area contributed by atoms with E-state index in [-0.39, 0.29) is 10.8 Å². The second-order valence-corrected chi connectivity index (χ2v) is 11.7. The summed E-state index contributed by atoms with van der Waals surface area (Å²) in [5.74, 6) is -0.331. The van der Waals surface area contributed by atoms with Crippen LogP contribution in [-0.4, -0.2) is 37.6 Å². The molecule has 0 saturated carbocycles. The first-order valence-corrected chi connectivity index (χ1v) is 12.2. The van der Waals surface area contributed by atoms with Gasteiger partial charge < -0.3 is 10.1 Å². The van der Waals surface area contributed by atoms with E-state index in [1.165, 1.54) is 17.0 Å². The summed E-state index contributed by atoms with van der Waals surface area (Å²) in [5, 5.41) is 2.67. The van der Waals surface area contributed by atoms with Gasteiger partial charge in [0.25, 0.3) is 5.91 Å². The molecule has 9 heteroatoms. The molecule has 0 spiro atoms. The van der Waals surface area contributed by atoms with Crippen LogP contribution in [0, 0.1) is 0 Å². The van der Waals surface area contributed by atoms with Gasteiger partial charge in [0.05, 0.1) is 10.6 Å². The molecule has 0 saturated heterocycles. The summed E-state index contributed by atoms with van der Waals surface area (Å²) in [5.41, 5.74) is 0.747. The molecule has 1 atom stereocenters. The number of hydrogen-bond donors (Lipinski definition) is 2. The number of hydrogen-bond acceptors (Lipinski definition) is 5. The normalized spacial score (nSPS) is 16.8. The van der Waals surface area contributed by atoms with Gasteiger partial charge in [-0.3, -0.25) is 9.69 Å². The molecule has 1 aliphatic rings. The van der Waals surface area contributed by atoms with Crippen LogP contribution < -0.4 is 14.9 Å². The average molecular weight is 474 g/mol. The molecular weight excluding hydrogens is 442 g/mol. The lowest BCUT2D eigenvalue weighted by Crippen LogP contribution is -2.52. The first-order chi connectivity index (χ1) is 15.2. The van der Waals surface area contributed by atoms with Gasteiger partial charge in [-0.05, 0) is 77.4 Å². The molecule has 0 radical (unpaired) electrons. The lowest BCUT2D eigenvalue weighted by atomic mass is 9.96. The number of rotatable bonds is 4. The molecule has 2 amide bonds. The van der Waals surface area contributed by atoms with Crippen molar-refractivity contribution in [3.63, 3.8) is 0 Å². The average Bonchev–Trinajstić information content (AvgIpc) is 2.65. The van der Waals surface area contributed by atoms with Gasteiger partial charge >= 0.3 is 6.09 Å². The number of fused-ring (bicyclic) bond motifs is 1. The van der Waals surface area contributed by atoms with Crippen LogP contribution in [0.5, 0.6) is 0 Å². The third kappa shape index (κ3) is 6.11. The Bertz CT molecular complexity index is 1150. The number of sulfonamides is 1. The topological polar surface area (TPSA) is 105 Å². The van der Waals surface area contributed by atoms with Crippen LogP contribution in [0.4, 0.5) is 16.2 Å². The standard InChI is InChI=1S/C24H31N3O5S/c1-23(2,3)26-33(30,31)18-13-11-17(12-14-18)27-20-10-8-7-9-16(20)15-19(21(27)28)25-22(29)32-24(4,5)6/h7-14,19,26H,15H2,1-6H3,(H,25,29). The predicted molar refractivity (Wildman–Crippen MR) is 127 cm³/mol. The highest BCUT2D eigenvalue weighted by molar-refractivity contribution is 7.89. The summed E-state index contributed by atoms with van der Waals surface area (Å²) in [6, 6.07) is 12.7. The zero-order valence-corrected chi connectivity index (χ0v) is 20.6. The second kappa shape index (κ2) is 8.79. The maximum atomic E-state index is 13.4. The fourth-order valence-corrected chi connectivity index (χ4v) is 4.97. The zero-order valence-electron chi connectivity index (χ0n) is 19.8. The summed E-state index contributed by atoms with van der Waals surface area (Å²) in [6.45, 7) is 10.5. The van der Waals surface area contributed by atoms with Crippen molar-refractivity contribution in [3.8, 4) is 0 Å². The molecule has 178 valence electrons. The summed E-state index contributed by atoms with van der Waals surface area (Å²) in [6.07, 6.45) is -0.345. The molecule has 2 aromatic rings. The van der Waals surface area contributed by atoms with Crippen molar-refractivity contribution < 1.29 is 22.7 Å². The van der Waals surface area contributed by atoms with Crippen LogP contribution in [0.2, 0.25) is 0 Å². The van der Waals surface area contributed by atoms with E-state index in [2.05, 4.69) is 10.0 Å². The van der Waals surface area contributed by atoms with Crippen molar-refractivity contribution in [2.75, 3.05) is 4.90 Å². The fourth-order valence-electron chi connectivity index (χ4n) is 3.55. The number of carbonyl (C=O) groups is 2. The van der Waals surface area contributed by atoms with E-state index >= 15 is 0 Å². The van der Waals surface area contributed by atoms with E-state index in [1.807, 2.05) is 24.3 Å². The summed E-state index contributed by atoms with van der Waals surface area (Å²) < 4.78 is 33.2. The molecule has 0 aliphatic carbocycles. The van der Waals surface area contributed by atoms with E-state index in [0.29, 0.717) is 17.8 Å². The van der Waals surface area contributed by atoms with Gasteiger partial charge in [0.15, 0.2) is 0 Å². The number of ether oxygens (including phenoxy) is 1. The highest BCUT2D eigenvalue weighted by Crippen LogP contribution is 2.34. The molecule has 0 fully saturated rings. The van der Waals surface area contributed by atoms with Crippen LogP contribution in [0.15, 0.2) is 53.4 Å². The quantitative estimate of drug-likeness (QED) is 0.701. The third-order valence-corrected chi connectivity index (χ3v) is 6.49. The lowest BCUT2D eigenvalue weighted by molar-refractivity contribution is -0.120. The van der Waals surface area contributed by atoms with Gasteiger partial charge in [-0.1, -0.05) is 18.2 Å². The van der Waals surface area contributed by atoms with E-state index < -0.39 is 33.3 Å². The maximum Gasteiger partial charge on any atom is 0.408 e. The minimum absolute atomic E-state index is 0.0994. The molecule has 1 heterocycles. The Morgan fingerprint density at radius 1 is 1.00 bits per heavy atom. The highest BCUT2D eigenvalue weighted by Gasteiger charge is 2.35. The molecule has 8 nitrogen and oxygen atoms in total. The summed E-state index contributed by atoms with van der Waals surface area (Å²) in [4.78, 5) is 27.3. The number of amides is 2. The van der Waals surface area contributed by atoms with E-state index in [9.17, 15) is 18.0 Å². The Morgan fingerprint density at radius 2 is 1.61 bits per heavy atom. The summed E-state index contributed by atoms with van der Waals surface area (Å²) in [7, 11) is -3.71. The first-order valence-electron chi connectivity index (χ1n) is 10.7. The zero-order chi connectivity index (χ0) is 24.6. The number of nitrogens with zero attached hydrogens (tertiary/aromatic N) is 1. The first kappa shape index (κ1) is 24.7. The third-order valence-electron chi connectivity index (χ3n) is 4.71. The molecule has 3 rings (SSSR count). The number of carbonyl (C=O) groups excluding carboxylic acids is 2. The van der Waals surface area contributed by atoms with Crippen LogP contribution in [0.25, 0.3) is 0 Å². The smallest absolute Gasteiger partial charge is 0.408 e. The van der Waals surface area contributed by atoms with Gasteiger partial charge in [0, 0.05) is 17.6 Å². The number of para-hydroxylation sites is 1. The Balaban J connectivity index is 1.92. The van der Waals surface area contributed by atoms with Gasteiger partial charge in [-0.25, -0.2) is 17.9 Å². The van der Waals surface area contributed by atoms with Gasteiger partial charge in [0.2, 0.25) is 10.0 Å². The SMILES string of the molecule is CC(C)(C)NS(=O)(=O)c1ccc(N2C(=O)C(NC(=O)OC(C)(C)C)Cc3ccccc32)cc1. The van der Waals surface area contributed by atoms with Crippen molar-refractivity contribution >= 4 is 33.4 Å². The highest BCUT2D eigenvalue weighted by atomic mass is 32.2. The molecule has 2 N–H and O–H groups in total. The van der Waals surface area contributed by atoms with Crippen LogP contribution in [-0.2, 0) is 26.0 Å². The molecule has 0 bridgehead atoms. The van der Waals surface area contributed by atoms with Crippen LogP contribution in [0.1, 0.15) is 47.1 Å². The molecule has 2 aromatic carbocycles. The van der Waals surface area contributed by atoms with E-state index in [1.54, 1.807) is 53.7 Å². The molecule has 0 aromatic heterocycles. The predicted octanol–water partition coefficient (Wildman–Crippen LogP) is 3.88. The van der Waals surface area contributed by atoms with Gasteiger partial charge in [-0.15, -0.1) is 0 Å². The maximum absolute atomic E-state index is 13.4. The van der Waals surface area contributed by atoms with Gasteiger partial charge in [-0.2, -0.15) is 0 Å². The molecular formula is C24H31N3O5S. The van der Waals surface area contributed by atoms with Gasteiger partial charge in [0.1, 0.15) is 11.6 Å². The number of alkyl carbamates (subject to hydrolysis) is 1. The Kier molecular flexibility index (Phi) is 6.59. The molecule has 1 unspecified atom stereocenters. The van der Waals surface area contributed by atoms with Crippen molar-refractivity contribution in [2.24, 2.45) is 0 Å². The van der Waals surface area contributed by atoms with Crippen molar-refractivity contribution in [1.29, 1.82) is 0 Å². The fraction of sp³-hybridized carbons (Fsp3) is 0.417. The van der Waals surface area contributed by atoms with E-state index in [0.717, 1.165) is 5.56 Å².